The van der Waals surface area contributed by atoms with E-state index in [2.05, 4.69) is 54.2 Å². The molecule has 0 amide bonds. The van der Waals surface area contributed by atoms with Crippen LogP contribution in [0.5, 0.6) is 0 Å². The maximum atomic E-state index is 5.58. The number of nitrogens with zero attached hydrogens (tertiary/aromatic N) is 2. The van der Waals surface area contributed by atoms with Crippen molar-refractivity contribution in [2.45, 2.75) is 12.6 Å². The molecule has 0 bridgehead atoms. The lowest BCUT2D eigenvalue weighted by Crippen LogP contribution is -2.49. The SMILES string of the molecule is CN(C)CC1COCCN1Cc1ccccc1. The normalized spacial score (nSPS) is 21.9. The molecule has 1 saturated heterocycles. The second-order valence-electron chi connectivity index (χ2n) is 4.95. The molecule has 1 aliphatic rings. The molecule has 1 atom stereocenters. The Hall–Kier alpha value is -0.900. The maximum absolute atomic E-state index is 5.58. The van der Waals surface area contributed by atoms with Gasteiger partial charge in [0.2, 0.25) is 0 Å². The average Bonchev–Trinajstić information content (AvgIpc) is 2.32. The minimum atomic E-state index is 0.513. The lowest BCUT2D eigenvalue weighted by atomic mass is 10.1. The molecule has 1 aromatic carbocycles. The second kappa shape index (κ2) is 6.15. The van der Waals surface area contributed by atoms with Crippen molar-refractivity contribution in [3.05, 3.63) is 35.9 Å². The van der Waals surface area contributed by atoms with E-state index in [-0.39, 0.29) is 0 Å². The minimum Gasteiger partial charge on any atom is -0.378 e. The van der Waals surface area contributed by atoms with E-state index < -0.39 is 0 Å². The molecule has 17 heavy (non-hydrogen) atoms. The topological polar surface area (TPSA) is 15.7 Å². The van der Waals surface area contributed by atoms with Crippen LogP contribution in [0.1, 0.15) is 5.56 Å². The minimum absolute atomic E-state index is 0.513. The van der Waals surface area contributed by atoms with Gasteiger partial charge in [0.05, 0.1) is 13.2 Å². The van der Waals surface area contributed by atoms with Crippen LogP contribution in [-0.2, 0) is 11.3 Å². The fraction of sp³-hybridized carbons (Fsp3) is 0.571. The van der Waals surface area contributed by atoms with Crippen molar-refractivity contribution in [3.63, 3.8) is 0 Å². The zero-order chi connectivity index (χ0) is 12.1. The summed E-state index contributed by atoms with van der Waals surface area (Å²) in [5.74, 6) is 0. The van der Waals surface area contributed by atoms with Gasteiger partial charge < -0.3 is 9.64 Å². The number of likely N-dealkylation sites (N-methyl/N-ethyl adjacent to an activating group) is 1. The molecular weight excluding hydrogens is 212 g/mol. The van der Waals surface area contributed by atoms with E-state index in [4.69, 9.17) is 4.74 Å². The summed E-state index contributed by atoms with van der Waals surface area (Å²) in [6.45, 7) is 4.84. The van der Waals surface area contributed by atoms with Crippen molar-refractivity contribution in [3.8, 4) is 0 Å². The molecule has 0 N–H and O–H groups in total. The third-order valence-corrected chi connectivity index (χ3v) is 3.15. The quantitative estimate of drug-likeness (QED) is 0.784. The molecule has 94 valence electrons. The summed E-state index contributed by atoms with van der Waals surface area (Å²) >= 11 is 0. The molecule has 0 spiro atoms. The first kappa shape index (κ1) is 12.6. The zero-order valence-corrected chi connectivity index (χ0v) is 10.8. The average molecular weight is 234 g/mol. The molecule has 0 aromatic heterocycles. The van der Waals surface area contributed by atoms with Gasteiger partial charge in [0.1, 0.15) is 0 Å². The lowest BCUT2D eigenvalue weighted by molar-refractivity contribution is -0.0194. The number of ether oxygens (including phenoxy) is 1. The number of benzene rings is 1. The van der Waals surface area contributed by atoms with Crippen LogP contribution in [0.4, 0.5) is 0 Å². The van der Waals surface area contributed by atoms with Crippen LogP contribution in [0.2, 0.25) is 0 Å². The Balaban J connectivity index is 1.96. The number of rotatable bonds is 4. The molecule has 3 nitrogen and oxygen atoms in total. The number of hydrogen-bond donors (Lipinski definition) is 0. The second-order valence-corrected chi connectivity index (χ2v) is 4.95. The highest BCUT2D eigenvalue weighted by Crippen LogP contribution is 2.12. The summed E-state index contributed by atoms with van der Waals surface area (Å²) < 4.78 is 5.58. The van der Waals surface area contributed by atoms with E-state index in [1.54, 1.807) is 0 Å². The Labute approximate surface area is 104 Å². The van der Waals surface area contributed by atoms with Crippen molar-refractivity contribution in [1.29, 1.82) is 0 Å². The Morgan fingerprint density at radius 2 is 2.06 bits per heavy atom. The summed E-state index contributed by atoms with van der Waals surface area (Å²) in [5.41, 5.74) is 1.39. The van der Waals surface area contributed by atoms with E-state index in [0.717, 1.165) is 32.8 Å². The smallest absolute Gasteiger partial charge is 0.0635 e. The summed E-state index contributed by atoms with van der Waals surface area (Å²) in [6.07, 6.45) is 0. The summed E-state index contributed by atoms with van der Waals surface area (Å²) in [5, 5.41) is 0. The number of morpholine rings is 1. The van der Waals surface area contributed by atoms with Gasteiger partial charge in [-0.25, -0.2) is 0 Å². The van der Waals surface area contributed by atoms with Gasteiger partial charge in [-0.3, -0.25) is 4.90 Å². The first-order valence-electron chi connectivity index (χ1n) is 6.26. The molecular formula is C14H22N2O. The van der Waals surface area contributed by atoms with Gasteiger partial charge >= 0.3 is 0 Å². The van der Waals surface area contributed by atoms with E-state index >= 15 is 0 Å². The summed E-state index contributed by atoms with van der Waals surface area (Å²) in [7, 11) is 4.24. The summed E-state index contributed by atoms with van der Waals surface area (Å²) in [4.78, 5) is 4.76. The highest BCUT2D eigenvalue weighted by Gasteiger charge is 2.23. The molecule has 1 unspecified atom stereocenters. The lowest BCUT2D eigenvalue weighted by Gasteiger charge is -2.37. The fourth-order valence-electron chi connectivity index (χ4n) is 2.30. The van der Waals surface area contributed by atoms with Crippen LogP contribution < -0.4 is 0 Å². The molecule has 0 radical (unpaired) electrons. The van der Waals surface area contributed by atoms with Crippen LogP contribution in [-0.4, -0.2) is 56.2 Å². The first-order chi connectivity index (χ1) is 8.25. The molecule has 1 aliphatic heterocycles. The highest BCUT2D eigenvalue weighted by molar-refractivity contribution is 5.14. The molecule has 1 aromatic rings. The van der Waals surface area contributed by atoms with Crippen LogP contribution in [0, 0.1) is 0 Å². The van der Waals surface area contributed by atoms with E-state index in [1.807, 2.05) is 0 Å². The first-order valence-corrected chi connectivity index (χ1v) is 6.26. The van der Waals surface area contributed by atoms with Crippen molar-refractivity contribution >= 4 is 0 Å². The van der Waals surface area contributed by atoms with Crippen molar-refractivity contribution < 1.29 is 4.74 Å². The van der Waals surface area contributed by atoms with Crippen molar-refractivity contribution in [1.82, 2.24) is 9.80 Å². The van der Waals surface area contributed by atoms with Crippen LogP contribution in [0.15, 0.2) is 30.3 Å². The fourth-order valence-corrected chi connectivity index (χ4v) is 2.30. The van der Waals surface area contributed by atoms with Gasteiger partial charge in [-0.1, -0.05) is 30.3 Å². The Kier molecular flexibility index (Phi) is 4.54. The summed E-state index contributed by atoms with van der Waals surface area (Å²) in [6, 6.07) is 11.2. The molecule has 2 rings (SSSR count). The van der Waals surface area contributed by atoms with E-state index in [9.17, 15) is 0 Å². The third kappa shape index (κ3) is 3.80. The molecule has 0 aliphatic carbocycles. The highest BCUT2D eigenvalue weighted by atomic mass is 16.5. The maximum Gasteiger partial charge on any atom is 0.0635 e. The molecule has 0 saturated carbocycles. The van der Waals surface area contributed by atoms with Crippen LogP contribution in [0.3, 0.4) is 0 Å². The molecule has 1 fully saturated rings. The van der Waals surface area contributed by atoms with Gasteiger partial charge in [0, 0.05) is 25.7 Å². The van der Waals surface area contributed by atoms with Gasteiger partial charge in [0.15, 0.2) is 0 Å². The number of hydrogen-bond acceptors (Lipinski definition) is 3. The van der Waals surface area contributed by atoms with Gasteiger partial charge in [0.25, 0.3) is 0 Å². The van der Waals surface area contributed by atoms with Crippen molar-refractivity contribution in [2.75, 3.05) is 40.4 Å². The predicted octanol–water partition coefficient (Wildman–Crippen LogP) is 1.45. The largest absolute Gasteiger partial charge is 0.378 e. The van der Waals surface area contributed by atoms with E-state index in [1.165, 1.54) is 5.56 Å². The third-order valence-electron chi connectivity index (χ3n) is 3.15. The van der Waals surface area contributed by atoms with Crippen molar-refractivity contribution in [2.24, 2.45) is 0 Å². The Bertz CT molecular complexity index is 326. The molecule has 3 heteroatoms. The van der Waals surface area contributed by atoms with Crippen LogP contribution in [0.25, 0.3) is 0 Å². The van der Waals surface area contributed by atoms with Gasteiger partial charge in [-0.2, -0.15) is 0 Å². The van der Waals surface area contributed by atoms with Crippen LogP contribution >= 0.6 is 0 Å². The van der Waals surface area contributed by atoms with E-state index in [0.29, 0.717) is 6.04 Å². The monoisotopic (exact) mass is 234 g/mol. The Morgan fingerprint density at radius 1 is 1.29 bits per heavy atom. The van der Waals surface area contributed by atoms with Gasteiger partial charge in [-0.15, -0.1) is 0 Å². The standard InChI is InChI=1S/C14H22N2O/c1-15(2)11-14-12-17-9-8-16(14)10-13-6-4-3-5-7-13/h3-7,14H,8-12H2,1-2H3. The van der Waals surface area contributed by atoms with Gasteiger partial charge in [-0.05, 0) is 19.7 Å². The Morgan fingerprint density at radius 3 is 2.76 bits per heavy atom. The zero-order valence-electron chi connectivity index (χ0n) is 10.8. The molecule has 1 heterocycles. The predicted molar refractivity (Wildman–Crippen MR) is 70.0 cm³/mol.